The van der Waals surface area contributed by atoms with Crippen LogP contribution in [0.4, 0.5) is 0 Å². The van der Waals surface area contributed by atoms with Crippen molar-refractivity contribution >= 4 is 31.9 Å². The van der Waals surface area contributed by atoms with Gasteiger partial charge in [-0.15, -0.1) is 0 Å². The molecule has 0 saturated carbocycles. The zero-order valence-corrected chi connectivity index (χ0v) is 12.3. The summed E-state index contributed by atoms with van der Waals surface area (Å²) in [6.45, 7) is 10.1. The molecule has 0 N–H and O–H groups in total. The summed E-state index contributed by atoms with van der Waals surface area (Å²) in [5, 5.41) is 2.28. The third kappa shape index (κ3) is 15.7. The fraction of sp³-hybridized carbons (Fsp3) is 1.00. The average molecular weight is 317 g/mol. The summed E-state index contributed by atoms with van der Waals surface area (Å²) < 4.78 is 0. The van der Waals surface area contributed by atoms with Crippen molar-refractivity contribution in [2.45, 2.75) is 33.6 Å². The minimum absolute atomic E-state index is 1.14. The fourth-order valence-corrected chi connectivity index (χ4v) is 1.65. The molecule has 0 amide bonds. The number of nitrogens with zero attached hydrogens (tertiary/aromatic N) is 1. The third-order valence-electron chi connectivity index (χ3n) is 1.86. The SMILES string of the molecule is BrCCCCBr.CCN(CC)CC. The largest absolute Gasteiger partial charge is 0.304 e. The number of unbranched alkanes of at least 4 members (excludes halogenated alkanes) is 1. The van der Waals surface area contributed by atoms with Gasteiger partial charge in [0.25, 0.3) is 0 Å². The van der Waals surface area contributed by atoms with E-state index in [1.165, 1.54) is 32.5 Å². The van der Waals surface area contributed by atoms with Crippen LogP contribution in [-0.4, -0.2) is 35.2 Å². The summed E-state index contributed by atoms with van der Waals surface area (Å²) in [4.78, 5) is 2.38. The van der Waals surface area contributed by atoms with Gasteiger partial charge in [0.1, 0.15) is 0 Å². The Labute approximate surface area is 101 Å². The lowest BCUT2D eigenvalue weighted by Gasteiger charge is -2.13. The van der Waals surface area contributed by atoms with Gasteiger partial charge in [0.2, 0.25) is 0 Å². The molecule has 0 fully saturated rings. The summed E-state index contributed by atoms with van der Waals surface area (Å²) in [6, 6.07) is 0. The second kappa shape index (κ2) is 15.4. The smallest absolute Gasteiger partial charge is 0.00315 e. The highest BCUT2D eigenvalue weighted by molar-refractivity contribution is 9.09. The van der Waals surface area contributed by atoms with Gasteiger partial charge in [0.05, 0.1) is 0 Å². The topological polar surface area (TPSA) is 3.24 Å². The van der Waals surface area contributed by atoms with E-state index in [4.69, 9.17) is 0 Å². The molecular formula is C10H23Br2N. The maximum Gasteiger partial charge on any atom is 0.00315 e. The van der Waals surface area contributed by atoms with Crippen molar-refractivity contribution in [2.24, 2.45) is 0 Å². The van der Waals surface area contributed by atoms with Gasteiger partial charge >= 0.3 is 0 Å². The summed E-state index contributed by atoms with van der Waals surface area (Å²) in [6.07, 6.45) is 2.57. The summed E-state index contributed by atoms with van der Waals surface area (Å²) in [7, 11) is 0. The molecule has 0 rings (SSSR count). The van der Waals surface area contributed by atoms with Crippen LogP contribution in [0.15, 0.2) is 0 Å². The molecule has 0 spiro atoms. The molecule has 82 valence electrons. The van der Waals surface area contributed by atoms with Crippen LogP contribution in [0.2, 0.25) is 0 Å². The normalized spacial score (nSPS) is 9.69. The Bertz CT molecular complexity index is 65.8. The van der Waals surface area contributed by atoms with Crippen LogP contribution in [0.5, 0.6) is 0 Å². The molecule has 0 heterocycles. The molecule has 0 aliphatic heterocycles. The van der Waals surface area contributed by atoms with E-state index in [1.54, 1.807) is 0 Å². The zero-order chi connectivity index (χ0) is 10.5. The van der Waals surface area contributed by atoms with E-state index in [-0.39, 0.29) is 0 Å². The number of rotatable bonds is 6. The molecule has 0 aromatic carbocycles. The number of alkyl halides is 2. The van der Waals surface area contributed by atoms with Crippen LogP contribution in [0.25, 0.3) is 0 Å². The molecule has 0 atom stereocenters. The molecule has 0 bridgehead atoms. The lowest BCUT2D eigenvalue weighted by atomic mass is 10.4. The Morgan fingerprint density at radius 2 is 1.08 bits per heavy atom. The van der Waals surface area contributed by atoms with Gasteiger partial charge in [-0.1, -0.05) is 52.6 Å². The highest BCUT2D eigenvalue weighted by atomic mass is 79.9. The molecule has 0 aliphatic rings. The summed E-state index contributed by atoms with van der Waals surface area (Å²) in [5.74, 6) is 0. The minimum atomic E-state index is 1.14. The Kier molecular flexibility index (Phi) is 19.4. The van der Waals surface area contributed by atoms with Crippen molar-refractivity contribution < 1.29 is 0 Å². The predicted molar refractivity (Wildman–Crippen MR) is 70.3 cm³/mol. The number of halogens is 2. The van der Waals surface area contributed by atoms with Gasteiger partial charge in [-0.3, -0.25) is 0 Å². The van der Waals surface area contributed by atoms with Crippen molar-refractivity contribution in [3.8, 4) is 0 Å². The van der Waals surface area contributed by atoms with Crippen LogP contribution in [0.3, 0.4) is 0 Å². The highest BCUT2D eigenvalue weighted by Crippen LogP contribution is 1.95. The standard InChI is InChI=1S/C6H15N.C4H8Br2/c1-4-7(5-2)6-3;5-3-1-2-4-6/h4-6H2,1-3H3;1-4H2. The molecule has 3 heteroatoms. The highest BCUT2D eigenvalue weighted by Gasteiger charge is 1.89. The first-order valence-electron chi connectivity index (χ1n) is 5.10. The second-order valence-corrected chi connectivity index (χ2v) is 4.29. The van der Waals surface area contributed by atoms with Gasteiger partial charge in [-0.25, -0.2) is 0 Å². The van der Waals surface area contributed by atoms with Gasteiger partial charge in [0, 0.05) is 10.7 Å². The monoisotopic (exact) mass is 315 g/mol. The van der Waals surface area contributed by atoms with Crippen molar-refractivity contribution in [3.63, 3.8) is 0 Å². The lowest BCUT2D eigenvalue weighted by Crippen LogP contribution is -2.21. The van der Waals surface area contributed by atoms with Crippen LogP contribution >= 0.6 is 31.9 Å². The summed E-state index contributed by atoms with van der Waals surface area (Å²) in [5.41, 5.74) is 0. The van der Waals surface area contributed by atoms with Crippen molar-refractivity contribution in [2.75, 3.05) is 30.3 Å². The molecular weight excluding hydrogens is 294 g/mol. The van der Waals surface area contributed by atoms with Gasteiger partial charge in [-0.2, -0.15) is 0 Å². The first kappa shape index (κ1) is 16.4. The Morgan fingerprint density at radius 1 is 0.769 bits per heavy atom. The third-order valence-corrected chi connectivity index (χ3v) is 2.98. The lowest BCUT2D eigenvalue weighted by molar-refractivity contribution is 0.321. The molecule has 0 radical (unpaired) electrons. The molecule has 0 unspecified atom stereocenters. The average Bonchev–Trinajstić information content (AvgIpc) is 2.18. The summed E-state index contributed by atoms with van der Waals surface area (Å²) >= 11 is 6.66. The van der Waals surface area contributed by atoms with Crippen LogP contribution in [-0.2, 0) is 0 Å². The second-order valence-electron chi connectivity index (χ2n) is 2.70. The van der Waals surface area contributed by atoms with Crippen LogP contribution in [0.1, 0.15) is 33.6 Å². The van der Waals surface area contributed by atoms with E-state index in [2.05, 4.69) is 57.5 Å². The quantitative estimate of drug-likeness (QED) is 0.530. The maximum absolute atomic E-state index is 3.33. The van der Waals surface area contributed by atoms with Gasteiger partial charge in [0.15, 0.2) is 0 Å². The Hall–Kier alpha value is 0.920. The molecule has 1 nitrogen and oxygen atoms in total. The van der Waals surface area contributed by atoms with E-state index < -0.39 is 0 Å². The zero-order valence-electron chi connectivity index (χ0n) is 9.15. The van der Waals surface area contributed by atoms with Gasteiger partial charge < -0.3 is 4.90 Å². The maximum atomic E-state index is 3.33. The van der Waals surface area contributed by atoms with E-state index >= 15 is 0 Å². The van der Waals surface area contributed by atoms with E-state index in [1.807, 2.05) is 0 Å². The van der Waals surface area contributed by atoms with E-state index in [0.29, 0.717) is 0 Å². The van der Waals surface area contributed by atoms with Crippen LogP contribution in [0, 0.1) is 0 Å². The first-order valence-corrected chi connectivity index (χ1v) is 7.35. The minimum Gasteiger partial charge on any atom is -0.304 e. The van der Waals surface area contributed by atoms with Crippen molar-refractivity contribution in [1.82, 2.24) is 4.90 Å². The van der Waals surface area contributed by atoms with Crippen molar-refractivity contribution in [1.29, 1.82) is 0 Å². The fourth-order valence-electron chi connectivity index (χ4n) is 0.860. The van der Waals surface area contributed by atoms with Gasteiger partial charge in [-0.05, 0) is 32.5 Å². The Balaban J connectivity index is 0. The molecule has 0 aromatic rings. The number of hydrogen-bond donors (Lipinski definition) is 0. The van der Waals surface area contributed by atoms with E-state index in [9.17, 15) is 0 Å². The molecule has 0 saturated heterocycles. The van der Waals surface area contributed by atoms with E-state index in [0.717, 1.165) is 10.7 Å². The predicted octanol–water partition coefficient (Wildman–Crippen LogP) is 3.90. The van der Waals surface area contributed by atoms with Crippen molar-refractivity contribution in [3.05, 3.63) is 0 Å². The Morgan fingerprint density at radius 3 is 1.15 bits per heavy atom. The molecule has 13 heavy (non-hydrogen) atoms. The molecule has 0 aromatic heterocycles. The number of hydrogen-bond acceptors (Lipinski definition) is 1. The molecule has 0 aliphatic carbocycles. The van der Waals surface area contributed by atoms with Crippen LogP contribution < -0.4 is 0 Å². The first-order chi connectivity index (χ1) is 6.26.